The van der Waals surface area contributed by atoms with E-state index in [1.54, 1.807) is 4.90 Å². The molecule has 33 heavy (non-hydrogen) atoms. The average molecular weight is 466 g/mol. The summed E-state index contributed by atoms with van der Waals surface area (Å²) < 4.78 is 41.0. The maximum Gasteiger partial charge on any atom is 0.416 e. The predicted octanol–water partition coefficient (Wildman–Crippen LogP) is 3.65. The summed E-state index contributed by atoms with van der Waals surface area (Å²) in [5, 5.41) is 22.4. The lowest BCUT2D eigenvalue weighted by atomic mass is 9.71. The number of carboxylic acids is 1. The molecular formula is C22H25F3N4O4. The number of hydrogen-bond donors (Lipinski definition) is 2. The summed E-state index contributed by atoms with van der Waals surface area (Å²) in [7, 11) is 0. The molecule has 2 aliphatic heterocycles. The number of alkyl halides is 3. The van der Waals surface area contributed by atoms with E-state index in [4.69, 9.17) is 5.11 Å². The van der Waals surface area contributed by atoms with Crippen LogP contribution in [0.1, 0.15) is 47.3 Å². The van der Waals surface area contributed by atoms with Gasteiger partial charge in [0.2, 0.25) is 0 Å². The lowest BCUT2D eigenvalue weighted by Gasteiger charge is -2.46. The second-order valence-corrected chi connectivity index (χ2v) is 8.84. The van der Waals surface area contributed by atoms with Gasteiger partial charge in [0.1, 0.15) is 5.75 Å². The molecule has 2 N–H and O–H groups in total. The van der Waals surface area contributed by atoms with Crippen LogP contribution < -0.4 is 0 Å². The third kappa shape index (κ3) is 4.97. The second-order valence-electron chi connectivity index (χ2n) is 8.84. The molecule has 1 aromatic heterocycles. The van der Waals surface area contributed by atoms with E-state index in [0.29, 0.717) is 26.2 Å². The van der Waals surface area contributed by atoms with E-state index in [-0.39, 0.29) is 35.0 Å². The average Bonchev–Trinajstić information content (AvgIpc) is 3.26. The zero-order chi connectivity index (χ0) is 23.8. The molecule has 0 unspecified atom stereocenters. The number of phenolic OH excluding ortho intramolecular Hbond substituents is 1. The SMILES string of the molecule is O=C(O)c1ccn(C(=O)N2CCC3(CCN(Cc4cc(O)ccc4C(F)(F)F)CC3)CC2)n1. The van der Waals surface area contributed by atoms with Crippen LogP contribution in [0.25, 0.3) is 0 Å². The second kappa shape index (κ2) is 8.69. The van der Waals surface area contributed by atoms with Gasteiger partial charge in [-0.3, -0.25) is 4.90 Å². The van der Waals surface area contributed by atoms with E-state index < -0.39 is 17.7 Å². The molecule has 2 aliphatic rings. The number of nitrogens with zero attached hydrogens (tertiary/aromatic N) is 4. The lowest BCUT2D eigenvalue weighted by Crippen LogP contribution is -2.49. The third-order valence-electron chi connectivity index (χ3n) is 6.80. The van der Waals surface area contributed by atoms with Gasteiger partial charge in [0.25, 0.3) is 0 Å². The molecule has 1 aromatic carbocycles. The first kappa shape index (κ1) is 23.1. The number of benzene rings is 1. The Bertz CT molecular complexity index is 1030. The smallest absolute Gasteiger partial charge is 0.416 e. The number of aromatic hydroxyl groups is 1. The largest absolute Gasteiger partial charge is 0.508 e. The number of amides is 1. The van der Waals surface area contributed by atoms with Crippen molar-refractivity contribution in [3.8, 4) is 5.75 Å². The van der Waals surface area contributed by atoms with Crippen molar-refractivity contribution in [1.29, 1.82) is 0 Å². The van der Waals surface area contributed by atoms with Gasteiger partial charge in [0.05, 0.1) is 5.56 Å². The summed E-state index contributed by atoms with van der Waals surface area (Å²) in [5.74, 6) is -1.38. The monoisotopic (exact) mass is 466 g/mol. The zero-order valence-corrected chi connectivity index (χ0v) is 17.9. The summed E-state index contributed by atoms with van der Waals surface area (Å²) in [4.78, 5) is 27.2. The Morgan fingerprint density at radius 1 is 1.03 bits per heavy atom. The van der Waals surface area contributed by atoms with Gasteiger partial charge < -0.3 is 15.1 Å². The van der Waals surface area contributed by atoms with Crippen molar-refractivity contribution in [3.63, 3.8) is 0 Å². The van der Waals surface area contributed by atoms with Crippen LogP contribution in [0, 0.1) is 5.41 Å². The van der Waals surface area contributed by atoms with E-state index in [1.807, 2.05) is 4.90 Å². The Hall–Kier alpha value is -3.08. The van der Waals surface area contributed by atoms with Crippen molar-refractivity contribution in [2.75, 3.05) is 26.2 Å². The van der Waals surface area contributed by atoms with E-state index in [2.05, 4.69) is 5.10 Å². The maximum atomic E-state index is 13.3. The minimum atomic E-state index is -4.47. The van der Waals surface area contributed by atoms with E-state index >= 15 is 0 Å². The van der Waals surface area contributed by atoms with Crippen LogP contribution in [-0.4, -0.2) is 68.0 Å². The highest BCUT2D eigenvalue weighted by atomic mass is 19.4. The Morgan fingerprint density at radius 3 is 2.24 bits per heavy atom. The van der Waals surface area contributed by atoms with Crippen molar-refractivity contribution in [1.82, 2.24) is 19.6 Å². The van der Waals surface area contributed by atoms with Crippen LogP contribution in [0.4, 0.5) is 18.0 Å². The third-order valence-corrected chi connectivity index (χ3v) is 6.80. The van der Waals surface area contributed by atoms with Gasteiger partial charge in [-0.15, -0.1) is 0 Å². The molecule has 1 spiro atoms. The van der Waals surface area contributed by atoms with Gasteiger partial charge in [0, 0.05) is 25.8 Å². The van der Waals surface area contributed by atoms with Gasteiger partial charge >= 0.3 is 18.2 Å². The first-order chi connectivity index (χ1) is 15.6. The number of aromatic nitrogens is 2. The Balaban J connectivity index is 1.33. The first-order valence-electron chi connectivity index (χ1n) is 10.8. The Morgan fingerprint density at radius 2 is 1.67 bits per heavy atom. The summed E-state index contributed by atoms with van der Waals surface area (Å²) in [6, 6.07) is 4.07. The number of piperidine rings is 2. The molecule has 0 bridgehead atoms. The number of carboxylic acid groups (broad SMARTS) is 1. The molecule has 8 nitrogen and oxygen atoms in total. The van der Waals surface area contributed by atoms with Crippen LogP contribution in [-0.2, 0) is 12.7 Å². The maximum absolute atomic E-state index is 13.3. The standard InChI is InChI=1S/C22H25F3N4O4/c23-22(24,25)17-2-1-16(30)13-15(17)14-27-9-4-21(5-10-27)6-11-28(12-7-21)20(33)29-8-3-18(26-29)19(31)32/h1-3,8,13,30H,4-7,9-12,14H2,(H,31,32). The van der Waals surface area contributed by atoms with Gasteiger partial charge in [-0.1, -0.05) is 0 Å². The van der Waals surface area contributed by atoms with E-state index in [9.17, 15) is 27.9 Å². The number of rotatable bonds is 3. The minimum Gasteiger partial charge on any atom is -0.508 e. The van der Waals surface area contributed by atoms with Crippen LogP contribution in [0.3, 0.4) is 0 Å². The highest BCUT2D eigenvalue weighted by Crippen LogP contribution is 2.42. The molecule has 178 valence electrons. The fraction of sp³-hybridized carbons (Fsp3) is 0.500. The molecule has 11 heteroatoms. The number of halogens is 3. The Labute approximate surface area is 188 Å². The molecule has 1 amide bonds. The number of carbonyl (C=O) groups excluding carboxylic acids is 1. The fourth-order valence-corrected chi connectivity index (χ4v) is 4.78. The summed E-state index contributed by atoms with van der Waals surface area (Å²) in [6.45, 7) is 2.44. The van der Waals surface area contributed by atoms with Gasteiger partial charge in [-0.05, 0) is 74.0 Å². The minimum absolute atomic E-state index is 0.0370. The molecule has 2 saturated heterocycles. The molecular weight excluding hydrogens is 441 g/mol. The van der Waals surface area contributed by atoms with Gasteiger partial charge in [-0.2, -0.15) is 23.0 Å². The van der Waals surface area contributed by atoms with Crippen molar-refractivity contribution in [2.24, 2.45) is 5.41 Å². The number of likely N-dealkylation sites (tertiary alicyclic amines) is 2. The molecule has 0 radical (unpaired) electrons. The van der Waals surface area contributed by atoms with Crippen molar-refractivity contribution >= 4 is 12.0 Å². The molecule has 3 heterocycles. The highest BCUT2D eigenvalue weighted by molar-refractivity contribution is 5.86. The van der Waals surface area contributed by atoms with Crippen molar-refractivity contribution in [3.05, 3.63) is 47.3 Å². The summed E-state index contributed by atoms with van der Waals surface area (Å²) >= 11 is 0. The molecule has 0 aliphatic carbocycles. The summed E-state index contributed by atoms with van der Waals surface area (Å²) in [6.07, 6.45) is 0.0594. The number of aromatic carboxylic acids is 1. The molecule has 0 atom stereocenters. The van der Waals surface area contributed by atoms with Gasteiger partial charge in [0.15, 0.2) is 5.69 Å². The van der Waals surface area contributed by atoms with Crippen LogP contribution in [0.5, 0.6) is 5.75 Å². The van der Waals surface area contributed by atoms with E-state index in [1.165, 1.54) is 18.3 Å². The van der Waals surface area contributed by atoms with Crippen LogP contribution >= 0.6 is 0 Å². The lowest BCUT2D eigenvalue weighted by molar-refractivity contribution is -0.138. The van der Waals surface area contributed by atoms with Crippen molar-refractivity contribution in [2.45, 2.75) is 38.4 Å². The molecule has 2 fully saturated rings. The van der Waals surface area contributed by atoms with E-state index in [0.717, 1.165) is 42.5 Å². The number of carbonyl (C=O) groups is 2. The first-order valence-corrected chi connectivity index (χ1v) is 10.8. The highest BCUT2D eigenvalue weighted by Gasteiger charge is 2.40. The van der Waals surface area contributed by atoms with Gasteiger partial charge in [-0.25, -0.2) is 9.59 Å². The molecule has 0 saturated carbocycles. The normalized spacial score (nSPS) is 19.1. The Kier molecular flexibility index (Phi) is 6.08. The zero-order valence-electron chi connectivity index (χ0n) is 17.9. The van der Waals surface area contributed by atoms with Crippen molar-refractivity contribution < 1.29 is 33.0 Å². The van der Waals surface area contributed by atoms with Crippen LogP contribution in [0.15, 0.2) is 30.5 Å². The number of hydrogen-bond acceptors (Lipinski definition) is 5. The quantitative estimate of drug-likeness (QED) is 0.717. The summed E-state index contributed by atoms with van der Waals surface area (Å²) in [5.41, 5.74) is -0.810. The molecule has 4 rings (SSSR count). The van der Waals surface area contributed by atoms with Crippen LogP contribution in [0.2, 0.25) is 0 Å². The molecule has 2 aromatic rings. The number of phenols is 1. The predicted molar refractivity (Wildman–Crippen MR) is 111 cm³/mol. The topological polar surface area (TPSA) is 98.9 Å². The fourth-order valence-electron chi connectivity index (χ4n) is 4.78.